The Hall–Kier alpha value is -1.70. The van der Waals surface area contributed by atoms with E-state index in [-0.39, 0.29) is 23.7 Å². The highest BCUT2D eigenvalue weighted by molar-refractivity contribution is 5.77. The first-order chi connectivity index (χ1) is 8.57. The van der Waals surface area contributed by atoms with Crippen LogP contribution >= 0.6 is 0 Å². The van der Waals surface area contributed by atoms with Crippen LogP contribution in [0, 0.1) is 11.8 Å². The van der Waals surface area contributed by atoms with Crippen molar-refractivity contribution in [2.24, 2.45) is 11.8 Å². The van der Waals surface area contributed by atoms with Gasteiger partial charge in [0.1, 0.15) is 12.6 Å². The van der Waals surface area contributed by atoms with Gasteiger partial charge >= 0.3 is 5.91 Å². The Morgan fingerprint density at radius 1 is 1.33 bits per heavy atom. The maximum absolute atomic E-state index is 12.3. The van der Waals surface area contributed by atoms with Crippen molar-refractivity contribution in [2.75, 3.05) is 0 Å². The molecule has 0 N–H and O–H groups in total. The molecule has 1 saturated heterocycles. The normalized spacial score (nSPS) is 25.6. The average Bonchev–Trinajstić information content (AvgIpc) is 2.59. The van der Waals surface area contributed by atoms with Crippen molar-refractivity contribution in [1.29, 1.82) is 0 Å². The molecule has 0 spiro atoms. The number of amides is 1. The van der Waals surface area contributed by atoms with Gasteiger partial charge in [0, 0.05) is 5.92 Å². The summed E-state index contributed by atoms with van der Waals surface area (Å²) >= 11 is 0. The molecule has 2 nitrogen and oxygen atoms in total. The summed E-state index contributed by atoms with van der Waals surface area (Å²) in [6.07, 6.45) is 0.950. The minimum absolute atomic E-state index is 0.0256. The summed E-state index contributed by atoms with van der Waals surface area (Å²) in [7, 11) is 0. The van der Waals surface area contributed by atoms with Crippen molar-refractivity contribution >= 4 is 12.6 Å². The average molecular weight is 242 g/mol. The first-order valence-corrected chi connectivity index (χ1v) is 6.46. The molecular formula is C16H20NO+. The van der Waals surface area contributed by atoms with Gasteiger partial charge in [-0.3, -0.25) is 0 Å². The highest BCUT2D eigenvalue weighted by atomic mass is 16.2. The van der Waals surface area contributed by atoms with Crippen LogP contribution in [-0.2, 0) is 4.79 Å². The highest BCUT2D eigenvalue weighted by Crippen LogP contribution is 2.41. The van der Waals surface area contributed by atoms with Crippen molar-refractivity contribution in [3.63, 3.8) is 0 Å². The van der Waals surface area contributed by atoms with E-state index in [0.717, 1.165) is 12.1 Å². The van der Waals surface area contributed by atoms with E-state index in [1.54, 1.807) is 0 Å². The number of carbonyl (C=O) groups excluding carboxylic acids is 1. The second-order valence-electron chi connectivity index (χ2n) is 5.00. The molecule has 2 heteroatoms. The molecule has 18 heavy (non-hydrogen) atoms. The van der Waals surface area contributed by atoms with E-state index in [0.29, 0.717) is 0 Å². The Bertz CT molecular complexity index is 489. The van der Waals surface area contributed by atoms with Crippen LogP contribution in [0.4, 0.5) is 0 Å². The summed E-state index contributed by atoms with van der Waals surface area (Å²) in [6, 6.07) is 10.3. The Balaban J connectivity index is 2.38. The fourth-order valence-electron chi connectivity index (χ4n) is 2.91. The predicted molar refractivity (Wildman–Crippen MR) is 73.7 cm³/mol. The van der Waals surface area contributed by atoms with Crippen LogP contribution in [0.1, 0.15) is 31.7 Å². The first-order valence-electron chi connectivity index (χ1n) is 6.46. The lowest BCUT2D eigenvalue weighted by Crippen LogP contribution is -2.24. The summed E-state index contributed by atoms with van der Waals surface area (Å²) in [5.41, 5.74) is 2.06. The van der Waals surface area contributed by atoms with Gasteiger partial charge in [-0.25, -0.2) is 4.79 Å². The predicted octanol–water partition coefficient (Wildman–Crippen LogP) is 3.20. The Labute approximate surface area is 109 Å². The fourth-order valence-corrected chi connectivity index (χ4v) is 2.91. The molecule has 0 radical (unpaired) electrons. The second kappa shape index (κ2) is 4.89. The maximum Gasteiger partial charge on any atom is 0.396 e. The van der Waals surface area contributed by atoms with E-state index in [9.17, 15) is 4.79 Å². The molecule has 0 saturated carbocycles. The zero-order valence-corrected chi connectivity index (χ0v) is 11.1. The standard InChI is InChI=1S/C16H20NO/c1-5-14(13-9-7-6-8-10-13)15-11(2)12(3)17(4)16(15)18/h6-11,14-15H,3-5H2,1-2H3/q+1. The Morgan fingerprint density at radius 2 is 1.94 bits per heavy atom. The highest BCUT2D eigenvalue weighted by Gasteiger charge is 2.49. The van der Waals surface area contributed by atoms with Gasteiger partial charge in [-0.15, -0.1) is 4.58 Å². The third-order valence-electron chi connectivity index (χ3n) is 4.06. The van der Waals surface area contributed by atoms with Gasteiger partial charge in [-0.2, -0.15) is 0 Å². The number of carbonyl (C=O) groups is 1. The number of hydrogen-bond acceptors (Lipinski definition) is 1. The van der Waals surface area contributed by atoms with Crippen LogP contribution in [0.3, 0.4) is 0 Å². The van der Waals surface area contributed by atoms with Gasteiger partial charge in [0.05, 0.1) is 5.92 Å². The molecule has 3 unspecified atom stereocenters. The van der Waals surface area contributed by atoms with Crippen LogP contribution in [-0.4, -0.2) is 17.2 Å². The van der Waals surface area contributed by atoms with Crippen molar-refractivity contribution in [1.82, 2.24) is 0 Å². The van der Waals surface area contributed by atoms with E-state index in [4.69, 9.17) is 0 Å². The second-order valence-corrected chi connectivity index (χ2v) is 5.00. The molecule has 1 aliphatic rings. The van der Waals surface area contributed by atoms with E-state index < -0.39 is 0 Å². The first kappa shape index (κ1) is 12.7. The Morgan fingerprint density at radius 3 is 2.39 bits per heavy atom. The van der Waals surface area contributed by atoms with Gasteiger partial charge in [0.2, 0.25) is 0 Å². The third kappa shape index (κ3) is 1.92. The van der Waals surface area contributed by atoms with Crippen molar-refractivity contribution < 1.29 is 9.37 Å². The number of rotatable bonds is 3. The van der Waals surface area contributed by atoms with Gasteiger partial charge in [-0.05, 0) is 18.6 Å². The van der Waals surface area contributed by atoms with Crippen molar-refractivity contribution in [3.8, 4) is 0 Å². The van der Waals surface area contributed by atoms with E-state index in [1.807, 2.05) is 18.2 Å². The lowest BCUT2D eigenvalue weighted by Gasteiger charge is -2.20. The van der Waals surface area contributed by atoms with Crippen LogP contribution in [0.15, 0.2) is 42.6 Å². The smallest absolute Gasteiger partial charge is 0.219 e. The minimum atomic E-state index is -0.0256. The van der Waals surface area contributed by atoms with Crippen LogP contribution in [0.2, 0.25) is 0 Å². The molecule has 0 aliphatic carbocycles. The zero-order valence-electron chi connectivity index (χ0n) is 11.1. The molecule has 1 fully saturated rings. The number of allylic oxidation sites excluding steroid dienone is 1. The largest absolute Gasteiger partial charge is 0.396 e. The quantitative estimate of drug-likeness (QED) is 0.745. The van der Waals surface area contributed by atoms with Gasteiger partial charge in [0.25, 0.3) is 0 Å². The lowest BCUT2D eigenvalue weighted by molar-refractivity contribution is -0.383. The van der Waals surface area contributed by atoms with Crippen LogP contribution in [0.25, 0.3) is 0 Å². The molecular weight excluding hydrogens is 222 g/mol. The molecule has 0 aromatic heterocycles. The Kier molecular flexibility index (Phi) is 3.46. The minimum Gasteiger partial charge on any atom is -0.219 e. The lowest BCUT2D eigenvalue weighted by atomic mass is 9.78. The third-order valence-corrected chi connectivity index (χ3v) is 4.06. The van der Waals surface area contributed by atoms with Gasteiger partial charge < -0.3 is 0 Å². The van der Waals surface area contributed by atoms with Gasteiger partial charge in [-0.1, -0.05) is 44.2 Å². The van der Waals surface area contributed by atoms with Crippen molar-refractivity contribution in [3.05, 3.63) is 48.2 Å². The van der Waals surface area contributed by atoms with Crippen molar-refractivity contribution in [2.45, 2.75) is 26.2 Å². The molecule has 1 aromatic carbocycles. The maximum atomic E-state index is 12.3. The van der Waals surface area contributed by atoms with Crippen LogP contribution < -0.4 is 0 Å². The molecule has 1 aliphatic heterocycles. The fraction of sp³-hybridized carbons (Fsp3) is 0.375. The molecule has 0 bridgehead atoms. The molecule has 1 amide bonds. The molecule has 2 rings (SSSR count). The zero-order chi connectivity index (χ0) is 13.3. The van der Waals surface area contributed by atoms with Gasteiger partial charge in [0.15, 0.2) is 5.70 Å². The van der Waals surface area contributed by atoms with E-state index in [2.05, 4.69) is 39.3 Å². The summed E-state index contributed by atoms with van der Waals surface area (Å²) in [6.45, 7) is 12.0. The van der Waals surface area contributed by atoms with Crippen LogP contribution in [0.5, 0.6) is 0 Å². The summed E-state index contributed by atoms with van der Waals surface area (Å²) in [4.78, 5) is 12.3. The summed E-state index contributed by atoms with van der Waals surface area (Å²) < 4.78 is 1.47. The number of hydrogen-bond donors (Lipinski definition) is 0. The molecule has 1 aromatic rings. The molecule has 94 valence electrons. The topological polar surface area (TPSA) is 20.1 Å². The number of nitrogens with zero attached hydrogens (tertiary/aromatic N) is 1. The van der Waals surface area contributed by atoms with E-state index >= 15 is 0 Å². The molecule has 3 atom stereocenters. The monoisotopic (exact) mass is 242 g/mol. The number of benzene rings is 1. The van der Waals surface area contributed by atoms with E-state index in [1.165, 1.54) is 10.1 Å². The summed E-state index contributed by atoms with van der Waals surface area (Å²) in [5, 5.41) is 0. The summed E-state index contributed by atoms with van der Waals surface area (Å²) in [5.74, 6) is 0.489. The molecule has 1 heterocycles. The SMILES string of the molecule is C=C1C(C)C(C(CC)c2ccccc2)C(=O)[N+]1=C.